The maximum absolute atomic E-state index is 13.5. The summed E-state index contributed by atoms with van der Waals surface area (Å²) in [4.78, 5) is 32.7. The molecule has 1 amide bonds. The van der Waals surface area contributed by atoms with Gasteiger partial charge in [0.05, 0.1) is 23.6 Å². The van der Waals surface area contributed by atoms with Crippen LogP contribution in [0.4, 0.5) is 0 Å². The lowest BCUT2D eigenvalue weighted by Crippen LogP contribution is -2.54. The smallest absolute Gasteiger partial charge is 0.220 e. The number of hydrogen-bond acceptors (Lipinski definition) is 8. The van der Waals surface area contributed by atoms with Crippen LogP contribution < -0.4 is 25.5 Å². The van der Waals surface area contributed by atoms with E-state index in [4.69, 9.17) is 13.9 Å². The molecule has 4 aromatic rings. The molecule has 2 aliphatic rings. The summed E-state index contributed by atoms with van der Waals surface area (Å²) < 4.78 is 18.6. The second-order valence-corrected chi connectivity index (χ2v) is 12.8. The number of nitrogens with zero attached hydrogens (tertiary/aromatic N) is 2. The van der Waals surface area contributed by atoms with Crippen molar-refractivity contribution in [3.05, 3.63) is 70.1 Å². The summed E-state index contributed by atoms with van der Waals surface area (Å²) in [5.74, 6) is 1.75. The quantitative estimate of drug-likeness (QED) is 0.160. The first kappa shape index (κ1) is 31.0. The van der Waals surface area contributed by atoms with Gasteiger partial charge in [-0.05, 0) is 88.4 Å². The van der Waals surface area contributed by atoms with E-state index in [-0.39, 0.29) is 11.3 Å². The molecule has 3 heterocycles. The summed E-state index contributed by atoms with van der Waals surface area (Å²) in [5, 5.41) is 7.68. The van der Waals surface area contributed by atoms with Gasteiger partial charge in [-0.2, -0.15) is 0 Å². The molecular weight excluding hydrogens is 568 g/mol. The predicted octanol–water partition coefficient (Wildman–Crippen LogP) is 5.88. The Bertz CT molecular complexity index is 1690. The van der Waals surface area contributed by atoms with Crippen molar-refractivity contribution in [2.75, 3.05) is 26.2 Å². The van der Waals surface area contributed by atoms with Gasteiger partial charge < -0.3 is 29.4 Å². The lowest BCUT2D eigenvalue weighted by molar-refractivity contribution is -0.121. The second-order valence-electron chi connectivity index (χ2n) is 12.8. The molecule has 6 rings (SSSR count). The van der Waals surface area contributed by atoms with Gasteiger partial charge in [-0.1, -0.05) is 12.8 Å². The average Bonchev–Trinajstić information content (AvgIpc) is 3.52. The Morgan fingerprint density at radius 2 is 1.82 bits per heavy atom. The van der Waals surface area contributed by atoms with E-state index in [9.17, 15) is 9.59 Å². The molecule has 1 aliphatic carbocycles. The topological polar surface area (TPSA) is 106 Å². The van der Waals surface area contributed by atoms with E-state index >= 15 is 0 Å². The van der Waals surface area contributed by atoms with Crippen molar-refractivity contribution in [2.45, 2.75) is 83.8 Å². The van der Waals surface area contributed by atoms with E-state index in [0.29, 0.717) is 76.8 Å². The van der Waals surface area contributed by atoms with Gasteiger partial charge >= 0.3 is 0 Å². The summed E-state index contributed by atoms with van der Waals surface area (Å²) in [6.45, 7) is 9.94. The molecule has 0 spiro atoms. The predicted molar refractivity (Wildman–Crippen MR) is 176 cm³/mol. The van der Waals surface area contributed by atoms with Crippen LogP contribution in [0.15, 0.2) is 57.9 Å². The zero-order chi connectivity index (χ0) is 31.3. The van der Waals surface area contributed by atoms with Gasteiger partial charge in [0.25, 0.3) is 0 Å². The molecule has 2 atom stereocenters. The van der Waals surface area contributed by atoms with E-state index in [0.717, 1.165) is 50.2 Å². The van der Waals surface area contributed by atoms with E-state index in [2.05, 4.69) is 34.4 Å². The Hall–Kier alpha value is -3.95. The van der Waals surface area contributed by atoms with E-state index < -0.39 is 0 Å². The van der Waals surface area contributed by atoms with Gasteiger partial charge in [-0.25, -0.2) is 0 Å². The fourth-order valence-electron chi connectivity index (χ4n) is 6.67. The van der Waals surface area contributed by atoms with Crippen molar-refractivity contribution in [3.63, 3.8) is 0 Å². The minimum absolute atomic E-state index is 0.0810. The number of aromatic nitrogens is 1. The molecule has 9 heteroatoms. The number of piperazine rings is 1. The lowest BCUT2D eigenvalue weighted by atomic mass is 10.1. The van der Waals surface area contributed by atoms with Gasteiger partial charge in [0.2, 0.25) is 11.3 Å². The van der Waals surface area contributed by atoms with Crippen LogP contribution in [0, 0.1) is 6.92 Å². The number of nitrogens with one attached hydrogen (secondary N) is 2. The summed E-state index contributed by atoms with van der Waals surface area (Å²) >= 11 is 0. The van der Waals surface area contributed by atoms with Crippen molar-refractivity contribution < 1.29 is 18.7 Å². The molecule has 2 aromatic heterocycles. The zero-order valence-corrected chi connectivity index (χ0v) is 26.6. The molecule has 1 saturated carbocycles. The molecular formula is C36H44N4O5. The van der Waals surface area contributed by atoms with Crippen molar-refractivity contribution in [1.82, 2.24) is 20.5 Å². The number of aryl methyl sites for hydroxylation is 2. The second kappa shape index (κ2) is 14.0. The van der Waals surface area contributed by atoms with Crippen LogP contribution in [-0.2, 0) is 11.2 Å². The monoisotopic (exact) mass is 612 g/mol. The van der Waals surface area contributed by atoms with E-state index in [1.807, 2.05) is 31.2 Å². The van der Waals surface area contributed by atoms with E-state index in [1.54, 1.807) is 24.4 Å². The van der Waals surface area contributed by atoms with Gasteiger partial charge in [0.1, 0.15) is 17.1 Å². The normalized spacial score (nSPS) is 19.3. The third-order valence-electron chi connectivity index (χ3n) is 8.72. The highest BCUT2D eigenvalue weighted by molar-refractivity contribution is 5.93. The third-order valence-corrected chi connectivity index (χ3v) is 8.72. The van der Waals surface area contributed by atoms with Crippen LogP contribution in [0.3, 0.4) is 0 Å². The van der Waals surface area contributed by atoms with Crippen LogP contribution in [0.2, 0.25) is 0 Å². The highest BCUT2D eigenvalue weighted by Gasteiger charge is 2.21. The van der Waals surface area contributed by atoms with Gasteiger partial charge in [0.15, 0.2) is 11.3 Å². The Morgan fingerprint density at radius 1 is 1.04 bits per heavy atom. The first-order valence-corrected chi connectivity index (χ1v) is 16.4. The molecule has 1 aliphatic heterocycles. The molecule has 0 unspecified atom stereocenters. The fourth-order valence-corrected chi connectivity index (χ4v) is 6.67. The largest absolute Gasteiger partial charge is 0.490 e. The highest BCUT2D eigenvalue weighted by Crippen LogP contribution is 2.31. The highest BCUT2D eigenvalue weighted by atomic mass is 16.5. The number of rotatable bonds is 11. The number of hydrogen-bond donors (Lipinski definition) is 2. The third kappa shape index (κ3) is 7.83. The number of amides is 1. The molecule has 0 bridgehead atoms. The zero-order valence-electron chi connectivity index (χ0n) is 26.6. The first-order valence-electron chi connectivity index (χ1n) is 16.4. The molecule has 2 aromatic carbocycles. The molecule has 2 fully saturated rings. The molecule has 1 saturated heterocycles. The maximum Gasteiger partial charge on any atom is 0.220 e. The summed E-state index contributed by atoms with van der Waals surface area (Å²) in [7, 11) is 0. The summed E-state index contributed by atoms with van der Waals surface area (Å²) in [5.41, 5.74) is 2.56. The summed E-state index contributed by atoms with van der Waals surface area (Å²) in [6.07, 6.45) is 8.07. The summed E-state index contributed by atoms with van der Waals surface area (Å²) in [6, 6.07) is 14.0. The standard InChI is InChI=1S/C36H44N4O5/c1-23-17-31-35(42)30-13-12-28(44-29-11-9-26(37-20-29)10-14-34(41)39-27-7-4-5-8-27)19-32(30)45-36(31)33(18-23)43-16-6-15-40-21-24(2)38-25(3)22-40/h9,11-13,17-20,24-25,27,38H,4-8,10,14-16,21-22H2,1-3H3,(H,39,41)/t24-,25+. The van der Waals surface area contributed by atoms with Gasteiger partial charge in [-0.15, -0.1) is 0 Å². The van der Waals surface area contributed by atoms with Crippen molar-refractivity contribution in [3.8, 4) is 17.2 Å². The Labute approximate surface area is 264 Å². The van der Waals surface area contributed by atoms with Crippen LogP contribution >= 0.6 is 0 Å². The lowest BCUT2D eigenvalue weighted by Gasteiger charge is -2.36. The van der Waals surface area contributed by atoms with Crippen molar-refractivity contribution in [2.24, 2.45) is 0 Å². The number of ether oxygens (including phenoxy) is 2. The van der Waals surface area contributed by atoms with Crippen LogP contribution in [0.1, 0.15) is 63.6 Å². The minimum Gasteiger partial charge on any atom is -0.490 e. The molecule has 0 radical (unpaired) electrons. The van der Waals surface area contributed by atoms with Crippen molar-refractivity contribution >= 4 is 27.8 Å². The minimum atomic E-state index is -0.0990. The number of pyridine rings is 1. The van der Waals surface area contributed by atoms with Gasteiger partial charge in [0, 0.05) is 55.9 Å². The van der Waals surface area contributed by atoms with Crippen LogP contribution in [0.5, 0.6) is 17.2 Å². The van der Waals surface area contributed by atoms with Crippen LogP contribution in [-0.4, -0.2) is 60.2 Å². The number of fused-ring (bicyclic) bond motifs is 2. The Kier molecular flexibility index (Phi) is 9.66. The average molecular weight is 613 g/mol. The van der Waals surface area contributed by atoms with Gasteiger partial charge in [-0.3, -0.25) is 14.6 Å². The first-order chi connectivity index (χ1) is 21.8. The Morgan fingerprint density at radius 3 is 2.58 bits per heavy atom. The number of carbonyl (C=O) groups is 1. The molecule has 9 nitrogen and oxygen atoms in total. The van der Waals surface area contributed by atoms with Crippen molar-refractivity contribution in [1.29, 1.82) is 0 Å². The van der Waals surface area contributed by atoms with E-state index in [1.165, 1.54) is 12.8 Å². The number of carbonyl (C=O) groups excluding carboxylic acids is 1. The fraction of sp³-hybridized carbons (Fsp3) is 0.472. The number of benzene rings is 2. The molecule has 45 heavy (non-hydrogen) atoms. The SMILES string of the molecule is Cc1cc(OCCCN2C[C@@H](C)N[C@@H](C)C2)c2oc3cc(Oc4ccc(CCC(=O)NC5CCCC5)nc4)ccc3c(=O)c2c1. The maximum atomic E-state index is 13.5. The van der Waals surface area contributed by atoms with Crippen LogP contribution in [0.25, 0.3) is 21.9 Å². The molecule has 238 valence electrons. The Balaban J connectivity index is 1.11. The molecule has 2 N–H and O–H groups in total.